The Morgan fingerprint density at radius 3 is 2.06 bits per heavy atom. The Kier molecular flexibility index (Phi) is 2.08. The van der Waals surface area contributed by atoms with Gasteiger partial charge in [0.2, 0.25) is 0 Å². The SMILES string of the molecule is N[C@@]1(c2ccccc2)C[C@@H]1c1ccccc1. The van der Waals surface area contributed by atoms with E-state index in [1.54, 1.807) is 0 Å². The van der Waals surface area contributed by atoms with Gasteiger partial charge in [-0.25, -0.2) is 0 Å². The molecule has 0 radical (unpaired) electrons. The van der Waals surface area contributed by atoms with E-state index in [0.717, 1.165) is 6.42 Å². The summed E-state index contributed by atoms with van der Waals surface area (Å²) in [7, 11) is 0. The summed E-state index contributed by atoms with van der Waals surface area (Å²) in [6.07, 6.45) is 1.06. The van der Waals surface area contributed by atoms with Gasteiger partial charge in [-0.2, -0.15) is 0 Å². The van der Waals surface area contributed by atoms with Gasteiger partial charge in [-0.15, -0.1) is 0 Å². The summed E-state index contributed by atoms with van der Waals surface area (Å²) in [5.41, 5.74) is 8.92. The molecule has 0 aromatic heterocycles. The predicted molar refractivity (Wildman–Crippen MR) is 66.1 cm³/mol. The van der Waals surface area contributed by atoms with Crippen LogP contribution >= 0.6 is 0 Å². The number of hydrogen-bond donors (Lipinski definition) is 1. The summed E-state index contributed by atoms with van der Waals surface area (Å²) in [6, 6.07) is 21.0. The highest BCUT2D eigenvalue weighted by Crippen LogP contribution is 2.56. The van der Waals surface area contributed by atoms with Crippen molar-refractivity contribution >= 4 is 0 Å². The van der Waals surface area contributed by atoms with Crippen molar-refractivity contribution in [3.05, 3.63) is 71.8 Å². The van der Waals surface area contributed by atoms with Crippen LogP contribution in [0.4, 0.5) is 0 Å². The zero-order valence-corrected chi connectivity index (χ0v) is 9.14. The van der Waals surface area contributed by atoms with Crippen LogP contribution in [0.25, 0.3) is 0 Å². The van der Waals surface area contributed by atoms with E-state index >= 15 is 0 Å². The van der Waals surface area contributed by atoms with Gasteiger partial charge in [-0.05, 0) is 17.5 Å². The van der Waals surface area contributed by atoms with Gasteiger partial charge in [0, 0.05) is 11.5 Å². The van der Waals surface area contributed by atoms with Gasteiger partial charge in [0.25, 0.3) is 0 Å². The van der Waals surface area contributed by atoms with E-state index in [-0.39, 0.29) is 5.54 Å². The molecule has 0 bridgehead atoms. The van der Waals surface area contributed by atoms with Crippen LogP contribution in [0.15, 0.2) is 60.7 Å². The molecular formula is C15H15N. The van der Waals surface area contributed by atoms with Gasteiger partial charge in [0.15, 0.2) is 0 Å². The monoisotopic (exact) mass is 209 g/mol. The molecule has 2 aromatic carbocycles. The molecule has 0 aliphatic heterocycles. The zero-order chi connectivity index (χ0) is 11.0. The Bertz CT molecular complexity index is 477. The van der Waals surface area contributed by atoms with Crippen molar-refractivity contribution in [3.63, 3.8) is 0 Å². The third kappa shape index (κ3) is 1.44. The number of benzene rings is 2. The molecule has 0 saturated heterocycles. The minimum Gasteiger partial charge on any atom is -0.321 e. The molecule has 2 aromatic rings. The molecule has 1 nitrogen and oxygen atoms in total. The Balaban J connectivity index is 1.90. The van der Waals surface area contributed by atoms with Crippen molar-refractivity contribution in [1.29, 1.82) is 0 Å². The number of hydrogen-bond acceptors (Lipinski definition) is 1. The van der Waals surface area contributed by atoms with E-state index in [9.17, 15) is 0 Å². The average molecular weight is 209 g/mol. The molecule has 80 valence electrons. The maximum atomic E-state index is 6.44. The molecule has 1 fully saturated rings. The second-order valence-electron chi connectivity index (χ2n) is 4.57. The lowest BCUT2D eigenvalue weighted by molar-refractivity contribution is 0.706. The van der Waals surface area contributed by atoms with E-state index in [0.29, 0.717) is 5.92 Å². The lowest BCUT2D eigenvalue weighted by Crippen LogP contribution is -2.21. The van der Waals surface area contributed by atoms with Crippen molar-refractivity contribution in [2.24, 2.45) is 5.73 Å². The van der Waals surface area contributed by atoms with Gasteiger partial charge in [0.1, 0.15) is 0 Å². The van der Waals surface area contributed by atoms with Crippen LogP contribution < -0.4 is 5.73 Å². The molecule has 16 heavy (non-hydrogen) atoms. The highest BCUT2D eigenvalue weighted by Gasteiger charge is 2.52. The molecule has 0 heterocycles. The molecule has 2 N–H and O–H groups in total. The van der Waals surface area contributed by atoms with Gasteiger partial charge in [-0.3, -0.25) is 0 Å². The summed E-state index contributed by atoms with van der Waals surface area (Å²) in [5, 5.41) is 0. The van der Waals surface area contributed by atoms with Crippen LogP contribution in [0.3, 0.4) is 0 Å². The van der Waals surface area contributed by atoms with Gasteiger partial charge in [0.05, 0.1) is 0 Å². The Labute approximate surface area is 95.9 Å². The smallest absolute Gasteiger partial charge is 0.0486 e. The summed E-state index contributed by atoms with van der Waals surface area (Å²) in [4.78, 5) is 0. The van der Waals surface area contributed by atoms with Crippen molar-refractivity contribution < 1.29 is 0 Å². The lowest BCUT2D eigenvalue weighted by Gasteiger charge is -2.11. The highest BCUT2D eigenvalue weighted by molar-refractivity contribution is 5.41. The fourth-order valence-corrected chi connectivity index (χ4v) is 2.45. The summed E-state index contributed by atoms with van der Waals surface area (Å²) in [6.45, 7) is 0. The van der Waals surface area contributed by atoms with E-state index in [1.807, 2.05) is 12.1 Å². The van der Waals surface area contributed by atoms with Crippen LogP contribution in [0.1, 0.15) is 23.5 Å². The predicted octanol–water partition coefficient (Wildman–Crippen LogP) is 3.03. The second kappa shape index (κ2) is 3.46. The topological polar surface area (TPSA) is 26.0 Å². The van der Waals surface area contributed by atoms with Crippen LogP contribution in [-0.2, 0) is 5.54 Å². The first-order chi connectivity index (χ1) is 7.81. The molecule has 1 aliphatic rings. The minimum absolute atomic E-state index is 0.136. The molecule has 0 spiro atoms. The van der Waals surface area contributed by atoms with Crippen LogP contribution in [0.2, 0.25) is 0 Å². The molecule has 1 aliphatic carbocycles. The second-order valence-corrected chi connectivity index (χ2v) is 4.57. The van der Waals surface area contributed by atoms with Crippen molar-refractivity contribution in [3.8, 4) is 0 Å². The van der Waals surface area contributed by atoms with E-state index in [2.05, 4.69) is 48.5 Å². The van der Waals surface area contributed by atoms with Gasteiger partial charge in [-0.1, -0.05) is 60.7 Å². The molecule has 0 amide bonds. The molecule has 1 saturated carbocycles. The summed E-state index contributed by atoms with van der Waals surface area (Å²) < 4.78 is 0. The minimum atomic E-state index is -0.136. The first kappa shape index (κ1) is 9.61. The molecule has 2 atom stereocenters. The first-order valence-electron chi connectivity index (χ1n) is 5.70. The molecular weight excluding hydrogens is 194 g/mol. The third-order valence-corrected chi connectivity index (χ3v) is 3.52. The zero-order valence-electron chi connectivity index (χ0n) is 9.14. The largest absolute Gasteiger partial charge is 0.321 e. The van der Waals surface area contributed by atoms with Gasteiger partial charge >= 0.3 is 0 Å². The quantitative estimate of drug-likeness (QED) is 0.808. The highest BCUT2D eigenvalue weighted by atomic mass is 14.9. The van der Waals surface area contributed by atoms with Crippen molar-refractivity contribution in [2.75, 3.05) is 0 Å². The maximum absolute atomic E-state index is 6.44. The standard InChI is InChI=1S/C15H15N/c16-15(13-9-5-2-6-10-13)11-14(15)12-7-3-1-4-8-12/h1-10,14H,11,16H2/t14-,15-/m1/s1. The Morgan fingerprint density at radius 1 is 0.875 bits per heavy atom. The maximum Gasteiger partial charge on any atom is 0.0486 e. The molecule has 0 unspecified atom stereocenters. The van der Waals surface area contributed by atoms with E-state index < -0.39 is 0 Å². The summed E-state index contributed by atoms with van der Waals surface area (Å²) >= 11 is 0. The number of rotatable bonds is 2. The fraction of sp³-hybridized carbons (Fsp3) is 0.200. The summed E-state index contributed by atoms with van der Waals surface area (Å²) in [5.74, 6) is 0.482. The fourth-order valence-electron chi connectivity index (χ4n) is 2.45. The average Bonchev–Trinajstić information content (AvgIpc) is 3.06. The third-order valence-electron chi connectivity index (χ3n) is 3.52. The van der Waals surface area contributed by atoms with Crippen LogP contribution in [0.5, 0.6) is 0 Å². The van der Waals surface area contributed by atoms with Crippen molar-refractivity contribution in [1.82, 2.24) is 0 Å². The first-order valence-corrected chi connectivity index (χ1v) is 5.70. The lowest BCUT2D eigenvalue weighted by atomic mass is 10.00. The van der Waals surface area contributed by atoms with Crippen LogP contribution in [0, 0.1) is 0 Å². The molecule has 1 heteroatoms. The normalized spacial score (nSPS) is 27.7. The number of nitrogens with two attached hydrogens (primary N) is 1. The van der Waals surface area contributed by atoms with Crippen molar-refractivity contribution in [2.45, 2.75) is 17.9 Å². The van der Waals surface area contributed by atoms with Gasteiger partial charge < -0.3 is 5.73 Å². The Morgan fingerprint density at radius 2 is 1.44 bits per heavy atom. The van der Waals surface area contributed by atoms with E-state index in [4.69, 9.17) is 5.73 Å². The Hall–Kier alpha value is -1.60. The molecule has 3 rings (SSSR count). The van der Waals surface area contributed by atoms with E-state index in [1.165, 1.54) is 11.1 Å². The van der Waals surface area contributed by atoms with Crippen LogP contribution in [-0.4, -0.2) is 0 Å².